The topological polar surface area (TPSA) is 74.6 Å². The largest absolute Gasteiger partial charge is 0.493 e. The Kier molecular flexibility index (Phi) is 10.0. The van der Waals surface area contributed by atoms with Crippen LogP contribution in [-0.2, 0) is 4.74 Å². The normalized spacial score (nSPS) is 21.1. The lowest BCUT2D eigenvalue weighted by molar-refractivity contribution is -0.0533. The Morgan fingerprint density at radius 2 is 1.44 bits per heavy atom. The van der Waals surface area contributed by atoms with Crippen molar-refractivity contribution in [1.29, 1.82) is 0 Å². The van der Waals surface area contributed by atoms with Crippen molar-refractivity contribution in [3.8, 4) is 22.6 Å². The summed E-state index contributed by atoms with van der Waals surface area (Å²) in [5, 5.41) is 19.0. The van der Waals surface area contributed by atoms with Crippen LogP contribution in [0.15, 0.2) is 36.4 Å². The molecule has 2 aromatic rings. The van der Waals surface area contributed by atoms with Gasteiger partial charge in [-0.15, -0.1) is 0 Å². The Labute approximate surface area is 215 Å². The molecule has 2 saturated heterocycles. The average Bonchev–Trinajstić information content (AvgIpc) is 3.31. The van der Waals surface area contributed by atoms with Crippen LogP contribution >= 0.6 is 0 Å². The van der Waals surface area contributed by atoms with Crippen LogP contribution in [0.4, 0.5) is 0 Å². The van der Waals surface area contributed by atoms with Crippen molar-refractivity contribution >= 4 is 0 Å². The summed E-state index contributed by atoms with van der Waals surface area (Å²) >= 11 is 0. The minimum atomic E-state index is -0.169. The van der Waals surface area contributed by atoms with Crippen LogP contribution in [-0.4, -0.2) is 97.9 Å². The number of ether oxygens (including phenoxy) is 3. The molecule has 2 N–H and O–H groups in total. The maximum Gasteiger partial charge on any atom is 0.122 e. The van der Waals surface area contributed by atoms with Crippen molar-refractivity contribution in [1.82, 2.24) is 9.80 Å². The Morgan fingerprint density at radius 3 is 1.97 bits per heavy atom. The van der Waals surface area contributed by atoms with Gasteiger partial charge in [0.1, 0.15) is 11.5 Å². The molecule has 2 fully saturated rings. The number of rotatable bonds is 12. The van der Waals surface area contributed by atoms with E-state index < -0.39 is 0 Å². The molecule has 4 rings (SSSR count). The molecule has 7 nitrogen and oxygen atoms in total. The summed E-state index contributed by atoms with van der Waals surface area (Å²) < 4.78 is 17.9. The molecule has 7 heteroatoms. The molecule has 2 aliphatic rings. The molecule has 0 aromatic heterocycles. The standard InChI is InChI=1S/C29H42N2O5/c1-22-26(7-3-9-28(22)35-16-5-12-30-14-11-24(33)19-30)27-8-4-10-29(23(27)2)36-17-6-13-31-15-18-34-25(20-31)21-32/h3-4,7-10,24-25,32-33H,5-6,11-21H2,1-2H3/t24-,25-/m1/s1. The molecule has 0 saturated carbocycles. The lowest BCUT2D eigenvalue weighted by atomic mass is 9.95. The van der Waals surface area contributed by atoms with E-state index in [1.54, 1.807) is 0 Å². The van der Waals surface area contributed by atoms with E-state index >= 15 is 0 Å². The summed E-state index contributed by atoms with van der Waals surface area (Å²) in [6.45, 7) is 11.7. The zero-order chi connectivity index (χ0) is 25.3. The first-order valence-electron chi connectivity index (χ1n) is 13.4. The summed E-state index contributed by atoms with van der Waals surface area (Å²) in [5.74, 6) is 1.84. The van der Waals surface area contributed by atoms with Crippen LogP contribution in [0.2, 0.25) is 0 Å². The summed E-state index contributed by atoms with van der Waals surface area (Å²) in [7, 11) is 0. The van der Waals surface area contributed by atoms with Gasteiger partial charge in [-0.25, -0.2) is 0 Å². The third-order valence-electron chi connectivity index (χ3n) is 7.28. The monoisotopic (exact) mass is 498 g/mol. The van der Waals surface area contributed by atoms with Crippen molar-refractivity contribution in [3.05, 3.63) is 47.5 Å². The van der Waals surface area contributed by atoms with Gasteiger partial charge in [0.05, 0.1) is 38.6 Å². The molecular formula is C29H42N2O5. The molecule has 2 atom stereocenters. The molecule has 0 radical (unpaired) electrons. The fourth-order valence-electron chi connectivity index (χ4n) is 5.18. The van der Waals surface area contributed by atoms with Crippen LogP contribution in [0, 0.1) is 13.8 Å². The highest BCUT2D eigenvalue weighted by Crippen LogP contribution is 2.35. The zero-order valence-electron chi connectivity index (χ0n) is 21.8. The van der Waals surface area contributed by atoms with Gasteiger partial charge < -0.3 is 29.3 Å². The van der Waals surface area contributed by atoms with Crippen molar-refractivity contribution in [2.45, 2.75) is 45.3 Å². The molecule has 2 heterocycles. The summed E-state index contributed by atoms with van der Waals surface area (Å²) in [6, 6.07) is 12.5. The molecule has 198 valence electrons. The van der Waals surface area contributed by atoms with Crippen molar-refractivity contribution < 1.29 is 24.4 Å². The fraction of sp³-hybridized carbons (Fsp3) is 0.586. The third-order valence-corrected chi connectivity index (χ3v) is 7.28. The number of aliphatic hydroxyl groups excluding tert-OH is 2. The summed E-state index contributed by atoms with van der Waals surface area (Å²) in [5.41, 5.74) is 4.61. The number of hydrogen-bond acceptors (Lipinski definition) is 7. The van der Waals surface area contributed by atoms with E-state index in [0.29, 0.717) is 19.8 Å². The smallest absolute Gasteiger partial charge is 0.122 e. The van der Waals surface area contributed by atoms with Gasteiger partial charge in [-0.05, 0) is 67.5 Å². The maximum absolute atomic E-state index is 9.69. The first-order valence-corrected chi connectivity index (χ1v) is 13.4. The first kappa shape index (κ1) is 26.9. The predicted octanol–water partition coefficient (Wildman–Crippen LogP) is 3.27. The molecule has 0 spiro atoms. The molecule has 0 aliphatic carbocycles. The molecule has 0 amide bonds. The number of aliphatic hydroxyl groups is 2. The Balaban J connectivity index is 1.30. The van der Waals surface area contributed by atoms with E-state index in [4.69, 9.17) is 14.2 Å². The van der Waals surface area contributed by atoms with E-state index in [2.05, 4.69) is 47.9 Å². The lowest BCUT2D eigenvalue weighted by Crippen LogP contribution is -2.44. The van der Waals surface area contributed by atoms with Gasteiger partial charge in [-0.1, -0.05) is 24.3 Å². The van der Waals surface area contributed by atoms with Crippen molar-refractivity contribution in [3.63, 3.8) is 0 Å². The molecular weight excluding hydrogens is 456 g/mol. The minimum absolute atomic E-state index is 0.0688. The second kappa shape index (κ2) is 13.4. The predicted molar refractivity (Wildman–Crippen MR) is 142 cm³/mol. The minimum Gasteiger partial charge on any atom is -0.493 e. The number of likely N-dealkylation sites (tertiary alicyclic amines) is 1. The lowest BCUT2D eigenvalue weighted by Gasteiger charge is -2.31. The number of benzene rings is 2. The van der Waals surface area contributed by atoms with Gasteiger partial charge in [0.2, 0.25) is 0 Å². The van der Waals surface area contributed by atoms with Crippen LogP contribution in [0.25, 0.3) is 11.1 Å². The molecule has 0 bridgehead atoms. The van der Waals surface area contributed by atoms with Gasteiger partial charge in [-0.2, -0.15) is 0 Å². The Morgan fingerprint density at radius 1 is 0.861 bits per heavy atom. The fourth-order valence-corrected chi connectivity index (χ4v) is 5.18. The second-order valence-corrected chi connectivity index (χ2v) is 9.98. The van der Waals surface area contributed by atoms with Crippen LogP contribution in [0.1, 0.15) is 30.4 Å². The van der Waals surface area contributed by atoms with Crippen LogP contribution in [0.5, 0.6) is 11.5 Å². The number of morpholine rings is 1. The third kappa shape index (κ3) is 7.20. The van der Waals surface area contributed by atoms with Gasteiger partial charge >= 0.3 is 0 Å². The summed E-state index contributed by atoms with van der Waals surface area (Å²) in [4.78, 5) is 4.64. The second-order valence-electron chi connectivity index (χ2n) is 9.98. The average molecular weight is 499 g/mol. The van der Waals surface area contributed by atoms with E-state index in [1.807, 2.05) is 12.1 Å². The zero-order valence-corrected chi connectivity index (χ0v) is 21.8. The van der Waals surface area contributed by atoms with Gasteiger partial charge in [0.15, 0.2) is 0 Å². The number of β-amino-alcohol motifs (C(OH)–C–C–N with tert-alkyl or cyclic N) is 1. The van der Waals surface area contributed by atoms with Gasteiger partial charge in [0, 0.05) is 39.3 Å². The highest BCUT2D eigenvalue weighted by molar-refractivity contribution is 5.74. The molecule has 2 aliphatic heterocycles. The quantitative estimate of drug-likeness (QED) is 0.435. The Hall–Kier alpha value is -2.16. The first-order chi connectivity index (χ1) is 17.5. The van der Waals surface area contributed by atoms with Gasteiger partial charge in [-0.3, -0.25) is 4.90 Å². The number of hydrogen-bond donors (Lipinski definition) is 2. The molecule has 36 heavy (non-hydrogen) atoms. The van der Waals surface area contributed by atoms with E-state index in [0.717, 1.165) is 81.2 Å². The van der Waals surface area contributed by atoms with Crippen molar-refractivity contribution in [2.24, 2.45) is 0 Å². The van der Waals surface area contributed by atoms with E-state index in [1.165, 1.54) is 11.1 Å². The maximum atomic E-state index is 9.69. The van der Waals surface area contributed by atoms with Crippen LogP contribution in [0.3, 0.4) is 0 Å². The molecule has 0 unspecified atom stereocenters. The SMILES string of the molecule is Cc1c(OCCCN2CC[C@@H](O)C2)cccc1-c1cccc(OCCCN2CCO[C@@H](CO)C2)c1C. The van der Waals surface area contributed by atoms with E-state index in [-0.39, 0.29) is 18.8 Å². The Bertz CT molecular complexity index is 969. The number of nitrogens with zero attached hydrogens (tertiary/aromatic N) is 2. The molecule has 2 aromatic carbocycles. The summed E-state index contributed by atoms with van der Waals surface area (Å²) in [6.07, 6.45) is 2.52. The van der Waals surface area contributed by atoms with Crippen molar-refractivity contribution in [2.75, 3.05) is 65.7 Å². The van der Waals surface area contributed by atoms with Gasteiger partial charge in [0.25, 0.3) is 0 Å². The highest BCUT2D eigenvalue weighted by Gasteiger charge is 2.20. The highest BCUT2D eigenvalue weighted by atomic mass is 16.5. The van der Waals surface area contributed by atoms with E-state index in [9.17, 15) is 10.2 Å². The van der Waals surface area contributed by atoms with Crippen LogP contribution < -0.4 is 9.47 Å².